The van der Waals surface area contributed by atoms with Gasteiger partial charge in [0, 0.05) is 17.5 Å². The van der Waals surface area contributed by atoms with Crippen LogP contribution in [0.4, 0.5) is 39.5 Å². The quantitative estimate of drug-likeness (QED) is 0.0789. The van der Waals surface area contributed by atoms with Crippen LogP contribution >= 0.6 is 0 Å². The third kappa shape index (κ3) is 7.71. The first-order chi connectivity index (χ1) is 19.5. The van der Waals surface area contributed by atoms with Gasteiger partial charge in [0.1, 0.15) is 22.8 Å². The first kappa shape index (κ1) is 32.7. The zero-order chi connectivity index (χ0) is 31.3. The summed E-state index contributed by atoms with van der Waals surface area (Å²) in [6, 6.07) is 8.79. The van der Waals surface area contributed by atoms with E-state index in [4.69, 9.17) is 4.42 Å². The topological polar surface area (TPSA) is 57.9 Å². The number of halogens is 9. The number of ether oxygens (including phenoxy) is 3. The molecule has 0 aliphatic heterocycles. The lowest BCUT2D eigenvalue weighted by atomic mass is 10.0. The maximum absolute atomic E-state index is 14.2. The SMILES string of the molecule is C=CC(=O)OCC(F)(F)C(F)(F)C(F)(F)COc1ccc2cc(-c3ccc(CCCCC)cc3OC(F)(F)F)oc2c1. The molecule has 1 heterocycles. The minimum Gasteiger partial charge on any atom is -0.487 e. The maximum Gasteiger partial charge on any atom is 0.573 e. The van der Waals surface area contributed by atoms with Crippen LogP contribution < -0.4 is 9.47 Å². The molecule has 0 spiro atoms. The largest absolute Gasteiger partial charge is 0.573 e. The Morgan fingerprint density at radius 1 is 0.905 bits per heavy atom. The number of carbonyl (C=O) groups is 1. The maximum atomic E-state index is 14.2. The number of hydrogen-bond acceptors (Lipinski definition) is 5. The van der Waals surface area contributed by atoms with Gasteiger partial charge in [-0.05, 0) is 48.7 Å². The molecule has 0 bridgehead atoms. The second kappa shape index (κ2) is 12.6. The zero-order valence-electron chi connectivity index (χ0n) is 22.0. The summed E-state index contributed by atoms with van der Waals surface area (Å²) in [5.74, 6) is -19.5. The second-order valence-electron chi connectivity index (χ2n) is 9.23. The number of carbonyl (C=O) groups excluding carboxylic acids is 1. The molecule has 0 saturated heterocycles. The summed E-state index contributed by atoms with van der Waals surface area (Å²) in [6.45, 7) is 0.319. The number of benzene rings is 2. The minimum absolute atomic E-state index is 0.0733. The van der Waals surface area contributed by atoms with Gasteiger partial charge in [-0.2, -0.15) is 26.3 Å². The Hall–Kier alpha value is -3.84. The lowest BCUT2D eigenvalue weighted by Crippen LogP contribution is -2.58. The Labute approximate surface area is 233 Å². The predicted molar refractivity (Wildman–Crippen MR) is 133 cm³/mol. The third-order valence-electron chi connectivity index (χ3n) is 6.00. The van der Waals surface area contributed by atoms with Crippen LogP contribution in [0, 0.1) is 0 Å². The lowest BCUT2D eigenvalue weighted by Gasteiger charge is -2.32. The van der Waals surface area contributed by atoms with E-state index in [1.807, 2.05) is 6.92 Å². The molecule has 0 amide bonds. The number of aryl methyl sites for hydroxylation is 1. The second-order valence-corrected chi connectivity index (χ2v) is 9.23. The highest BCUT2D eigenvalue weighted by Crippen LogP contribution is 2.46. The fourth-order valence-electron chi connectivity index (χ4n) is 3.79. The van der Waals surface area contributed by atoms with E-state index in [1.165, 1.54) is 24.3 Å². The van der Waals surface area contributed by atoms with Gasteiger partial charge in [0.25, 0.3) is 0 Å². The number of furan rings is 1. The first-order valence-corrected chi connectivity index (χ1v) is 12.5. The van der Waals surface area contributed by atoms with Crippen molar-refractivity contribution in [3.8, 4) is 22.8 Å². The number of fused-ring (bicyclic) bond motifs is 1. The summed E-state index contributed by atoms with van der Waals surface area (Å²) in [4.78, 5) is 10.9. The van der Waals surface area contributed by atoms with Gasteiger partial charge in [0.2, 0.25) is 0 Å². The summed E-state index contributed by atoms with van der Waals surface area (Å²) >= 11 is 0. The van der Waals surface area contributed by atoms with Crippen LogP contribution in [0.3, 0.4) is 0 Å². The fraction of sp³-hybridized carbons (Fsp3) is 0.393. The molecule has 230 valence electrons. The van der Waals surface area contributed by atoms with Crippen molar-refractivity contribution >= 4 is 16.9 Å². The van der Waals surface area contributed by atoms with Crippen LogP contribution in [0.5, 0.6) is 11.5 Å². The summed E-state index contributed by atoms with van der Waals surface area (Å²) in [7, 11) is 0. The van der Waals surface area contributed by atoms with Crippen LogP contribution in [0.2, 0.25) is 0 Å². The zero-order valence-corrected chi connectivity index (χ0v) is 22.0. The van der Waals surface area contributed by atoms with Crippen molar-refractivity contribution in [2.24, 2.45) is 0 Å². The van der Waals surface area contributed by atoms with Crippen LogP contribution in [0.15, 0.2) is 59.5 Å². The smallest absolute Gasteiger partial charge is 0.487 e. The van der Waals surface area contributed by atoms with Crippen molar-refractivity contribution in [2.75, 3.05) is 13.2 Å². The van der Waals surface area contributed by atoms with E-state index < -0.39 is 54.8 Å². The Morgan fingerprint density at radius 3 is 2.24 bits per heavy atom. The van der Waals surface area contributed by atoms with E-state index in [-0.39, 0.29) is 22.3 Å². The molecule has 0 fully saturated rings. The van der Waals surface area contributed by atoms with Crippen molar-refractivity contribution in [3.05, 3.63) is 60.7 Å². The predicted octanol–water partition coefficient (Wildman–Crippen LogP) is 8.75. The molecule has 0 aliphatic carbocycles. The van der Waals surface area contributed by atoms with Gasteiger partial charge in [0.15, 0.2) is 13.2 Å². The molecule has 1 aromatic heterocycles. The first-order valence-electron chi connectivity index (χ1n) is 12.5. The number of rotatable bonds is 14. The van der Waals surface area contributed by atoms with Crippen molar-refractivity contribution in [1.29, 1.82) is 0 Å². The third-order valence-corrected chi connectivity index (χ3v) is 6.00. The monoisotopic (exact) mass is 612 g/mol. The van der Waals surface area contributed by atoms with Crippen LogP contribution in [-0.2, 0) is 16.0 Å². The Kier molecular flexibility index (Phi) is 9.78. The highest BCUT2D eigenvalue weighted by atomic mass is 19.4. The average Bonchev–Trinajstić information content (AvgIpc) is 3.33. The summed E-state index contributed by atoms with van der Waals surface area (Å²) in [5.41, 5.74) is 0.431. The highest BCUT2D eigenvalue weighted by Gasteiger charge is 2.72. The van der Waals surface area contributed by atoms with E-state index >= 15 is 0 Å². The summed E-state index contributed by atoms with van der Waals surface area (Å²) in [5, 5.41) is 0.273. The van der Waals surface area contributed by atoms with Gasteiger partial charge >= 0.3 is 30.1 Å². The molecule has 3 aromatic rings. The molecule has 0 atom stereocenters. The molecule has 0 N–H and O–H groups in total. The molecule has 0 aliphatic rings. The van der Waals surface area contributed by atoms with Gasteiger partial charge in [-0.15, -0.1) is 13.2 Å². The molecular weight excluding hydrogens is 587 g/mol. The molecule has 0 radical (unpaired) electrons. The normalized spacial score (nSPS) is 12.8. The van der Waals surface area contributed by atoms with Gasteiger partial charge in [-0.3, -0.25) is 0 Å². The van der Waals surface area contributed by atoms with E-state index in [0.29, 0.717) is 18.1 Å². The molecule has 0 saturated carbocycles. The fourth-order valence-corrected chi connectivity index (χ4v) is 3.79. The molecule has 14 heteroatoms. The number of hydrogen-bond donors (Lipinski definition) is 0. The van der Waals surface area contributed by atoms with Crippen molar-refractivity contribution in [2.45, 2.75) is 56.7 Å². The minimum atomic E-state index is -5.99. The number of alkyl halides is 9. The Bertz CT molecular complexity index is 1400. The van der Waals surface area contributed by atoms with Crippen molar-refractivity contribution in [3.63, 3.8) is 0 Å². The standard InChI is InChI=1S/C28H25F9O5/c1-3-5-6-7-17-8-11-20(23(12-17)42-28(35,36)37)22-13-18-9-10-19(14-21(18)41-22)39-15-25(29,30)27(33,34)26(31,32)16-40-24(38)4-2/h4,8-14H,2-3,5-7,15-16H2,1H3. The van der Waals surface area contributed by atoms with Crippen molar-refractivity contribution in [1.82, 2.24) is 0 Å². The van der Waals surface area contributed by atoms with Crippen LogP contribution in [0.1, 0.15) is 31.7 Å². The molecule has 0 unspecified atom stereocenters. The Balaban J connectivity index is 1.82. The van der Waals surface area contributed by atoms with Crippen molar-refractivity contribution < 1.29 is 62.9 Å². The lowest BCUT2D eigenvalue weighted by molar-refractivity contribution is -0.322. The van der Waals surface area contributed by atoms with Crippen LogP contribution in [-0.4, -0.2) is 43.3 Å². The van der Waals surface area contributed by atoms with Gasteiger partial charge < -0.3 is 18.6 Å². The van der Waals surface area contributed by atoms with E-state index in [1.54, 1.807) is 6.07 Å². The van der Waals surface area contributed by atoms with Gasteiger partial charge in [-0.1, -0.05) is 32.4 Å². The van der Waals surface area contributed by atoms with E-state index in [2.05, 4.69) is 20.8 Å². The summed E-state index contributed by atoms with van der Waals surface area (Å²) in [6.07, 6.45) is -1.57. The molecule has 5 nitrogen and oxygen atoms in total. The molecule has 2 aromatic carbocycles. The molecule has 42 heavy (non-hydrogen) atoms. The van der Waals surface area contributed by atoms with E-state index in [9.17, 15) is 44.3 Å². The van der Waals surface area contributed by atoms with Gasteiger partial charge in [0.05, 0.1) is 5.56 Å². The van der Waals surface area contributed by atoms with Gasteiger partial charge in [-0.25, -0.2) is 4.79 Å². The Morgan fingerprint density at radius 2 is 1.60 bits per heavy atom. The average molecular weight is 612 g/mol. The molecule has 3 rings (SSSR count). The number of unbranched alkanes of at least 4 members (excludes halogenated alkanes) is 2. The highest BCUT2D eigenvalue weighted by molar-refractivity contribution is 5.85. The number of esters is 1. The molecular formula is C28H25F9O5. The van der Waals surface area contributed by atoms with E-state index in [0.717, 1.165) is 31.4 Å². The summed E-state index contributed by atoms with van der Waals surface area (Å²) < 4.78 is 142. The van der Waals surface area contributed by atoms with Crippen LogP contribution in [0.25, 0.3) is 22.3 Å².